The molecule has 0 bridgehead atoms. The minimum Gasteiger partial charge on any atom is -0.497 e. The van der Waals surface area contributed by atoms with Crippen LogP contribution in [-0.4, -0.2) is 78.6 Å². The molecule has 4 rings (SSSR count). The van der Waals surface area contributed by atoms with Crippen molar-refractivity contribution in [1.29, 1.82) is 0 Å². The van der Waals surface area contributed by atoms with Gasteiger partial charge in [-0.05, 0) is 42.5 Å². The first-order valence-corrected chi connectivity index (χ1v) is 10.4. The number of methoxy groups -OCH3 is 1. The molecule has 0 saturated carbocycles. The zero-order chi connectivity index (χ0) is 20.1. The molecule has 7 nitrogen and oxygen atoms in total. The highest BCUT2D eigenvalue weighted by molar-refractivity contribution is 5.78. The van der Waals surface area contributed by atoms with Crippen LogP contribution in [0, 0.1) is 5.92 Å². The summed E-state index contributed by atoms with van der Waals surface area (Å²) in [4.78, 5) is 27.9. The van der Waals surface area contributed by atoms with Crippen molar-refractivity contribution < 1.29 is 9.53 Å². The standard InChI is InChI=1S/C22H29N5O2/c1-29-20-5-3-18(4-6-20)15-19-7-10-27(16-19)21(28)17-25-11-13-26(14-12-25)22-23-8-2-9-24-22/h2-6,8-9,19H,7,10-17H2,1H3. The van der Waals surface area contributed by atoms with Gasteiger partial charge in [0.2, 0.25) is 11.9 Å². The van der Waals surface area contributed by atoms with Gasteiger partial charge in [-0.25, -0.2) is 9.97 Å². The van der Waals surface area contributed by atoms with Crippen LogP contribution in [-0.2, 0) is 11.2 Å². The molecule has 29 heavy (non-hydrogen) atoms. The van der Waals surface area contributed by atoms with Crippen molar-refractivity contribution in [2.75, 3.05) is 57.8 Å². The maximum Gasteiger partial charge on any atom is 0.236 e. The number of nitrogens with zero attached hydrogens (tertiary/aromatic N) is 5. The summed E-state index contributed by atoms with van der Waals surface area (Å²) in [6.07, 6.45) is 5.64. The quantitative estimate of drug-likeness (QED) is 0.742. The number of anilines is 1. The molecular formula is C22H29N5O2. The number of aromatic nitrogens is 2. The van der Waals surface area contributed by atoms with Crippen LogP contribution in [0.15, 0.2) is 42.7 Å². The maximum absolute atomic E-state index is 12.8. The fraction of sp³-hybridized carbons (Fsp3) is 0.500. The molecule has 1 amide bonds. The summed E-state index contributed by atoms with van der Waals surface area (Å²) < 4.78 is 5.22. The predicted octanol–water partition coefficient (Wildman–Crippen LogP) is 1.70. The largest absolute Gasteiger partial charge is 0.497 e. The van der Waals surface area contributed by atoms with Crippen LogP contribution >= 0.6 is 0 Å². The molecule has 0 aliphatic carbocycles. The Balaban J connectivity index is 1.21. The molecular weight excluding hydrogens is 366 g/mol. The summed E-state index contributed by atoms with van der Waals surface area (Å²) in [5, 5.41) is 0. The Morgan fingerprint density at radius 2 is 1.79 bits per heavy atom. The third-order valence-corrected chi connectivity index (χ3v) is 5.89. The Kier molecular flexibility index (Phi) is 6.24. The second-order valence-corrected chi connectivity index (χ2v) is 7.86. The molecule has 7 heteroatoms. The first-order chi connectivity index (χ1) is 14.2. The summed E-state index contributed by atoms with van der Waals surface area (Å²) in [6.45, 7) is 5.70. The van der Waals surface area contributed by atoms with Gasteiger partial charge in [-0.15, -0.1) is 0 Å². The number of amides is 1. The molecule has 154 valence electrons. The van der Waals surface area contributed by atoms with E-state index in [4.69, 9.17) is 4.74 Å². The summed E-state index contributed by atoms with van der Waals surface area (Å²) in [5.74, 6) is 2.46. The topological polar surface area (TPSA) is 61.8 Å². The normalized spacial score (nSPS) is 20.1. The minimum absolute atomic E-state index is 0.256. The van der Waals surface area contributed by atoms with Crippen LogP contribution in [0.4, 0.5) is 5.95 Å². The third-order valence-electron chi connectivity index (χ3n) is 5.89. The van der Waals surface area contributed by atoms with Gasteiger partial charge in [0.05, 0.1) is 13.7 Å². The molecule has 2 aliphatic heterocycles. The van der Waals surface area contributed by atoms with E-state index in [1.165, 1.54) is 5.56 Å². The first kappa shape index (κ1) is 19.6. The SMILES string of the molecule is COc1ccc(CC2CCN(C(=O)CN3CCN(c4ncccn4)CC3)C2)cc1. The number of ether oxygens (including phenoxy) is 1. The second-order valence-electron chi connectivity index (χ2n) is 7.86. The lowest BCUT2D eigenvalue weighted by molar-refractivity contribution is -0.131. The van der Waals surface area contributed by atoms with Crippen LogP contribution in [0.3, 0.4) is 0 Å². The average Bonchev–Trinajstić information content (AvgIpc) is 3.24. The fourth-order valence-corrected chi connectivity index (χ4v) is 4.17. The van der Waals surface area contributed by atoms with Gasteiger partial charge in [-0.3, -0.25) is 9.69 Å². The third kappa shape index (κ3) is 5.03. The number of benzene rings is 1. The van der Waals surface area contributed by atoms with Gasteiger partial charge in [0, 0.05) is 51.7 Å². The van der Waals surface area contributed by atoms with E-state index in [0.717, 1.165) is 63.8 Å². The molecule has 2 aliphatic rings. The van der Waals surface area contributed by atoms with Gasteiger partial charge in [0.25, 0.3) is 0 Å². The van der Waals surface area contributed by atoms with E-state index in [1.807, 2.05) is 23.1 Å². The predicted molar refractivity (Wildman–Crippen MR) is 112 cm³/mol. The highest BCUT2D eigenvalue weighted by atomic mass is 16.5. The lowest BCUT2D eigenvalue weighted by Gasteiger charge is -2.34. The highest BCUT2D eigenvalue weighted by Crippen LogP contribution is 2.22. The number of piperazine rings is 1. The average molecular weight is 396 g/mol. The van der Waals surface area contributed by atoms with Crippen LogP contribution < -0.4 is 9.64 Å². The van der Waals surface area contributed by atoms with Crippen molar-refractivity contribution in [1.82, 2.24) is 19.8 Å². The Hall–Kier alpha value is -2.67. The van der Waals surface area contributed by atoms with Crippen molar-refractivity contribution in [2.24, 2.45) is 5.92 Å². The van der Waals surface area contributed by atoms with E-state index in [0.29, 0.717) is 12.5 Å². The molecule has 1 atom stereocenters. The second kappa shape index (κ2) is 9.22. The molecule has 1 aromatic heterocycles. The highest BCUT2D eigenvalue weighted by Gasteiger charge is 2.28. The van der Waals surface area contributed by atoms with Crippen molar-refractivity contribution in [3.63, 3.8) is 0 Å². The number of carbonyl (C=O) groups is 1. The van der Waals surface area contributed by atoms with Gasteiger partial charge < -0.3 is 14.5 Å². The zero-order valence-corrected chi connectivity index (χ0v) is 17.0. The Bertz CT molecular complexity index is 791. The van der Waals surface area contributed by atoms with E-state index in [1.54, 1.807) is 19.5 Å². The monoisotopic (exact) mass is 395 g/mol. The van der Waals surface area contributed by atoms with E-state index in [-0.39, 0.29) is 5.91 Å². The molecule has 0 spiro atoms. The molecule has 1 unspecified atom stereocenters. The van der Waals surface area contributed by atoms with Crippen molar-refractivity contribution in [3.8, 4) is 5.75 Å². The molecule has 1 aromatic carbocycles. The number of hydrogen-bond donors (Lipinski definition) is 0. The zero-order valence-electron chi connectivity index (χ0n) is 17.0. The van der Waals surface area contributed by atoms with E-state index < -0.39 is 0 Å². The van der Waals surface area contributed by atoms with Gasteiger partial charge >= 0.3 is 0 Å². The summed E-state index contributed by atoms with van der Waals surface area (Å²) >= 11 is 0. The van der Waals surface area contributed by atoms with Crippen LogP contribution in [0.1, 0.15) is 12.0 Å². The van der Waals surface area contributed by atoms with Gasteiger partial charge in [0.1, 0.15) is 5.75 Å². The molecule has 3 heterocycles. The Morgan fingerprint density at radius 1 is 1.07 bits per heavy atom. The van der Waals surface area contributed by atoms with Gasteiger partial charge in [-0.2, -0.15) is 0 Å². The van der Waals surface area contributed by atoms with E-state index in [2.05, 4.69) is 31.9 Å². The van der Waals surface area contributed by atoms with Gasteiger partial charge in [0.15, 0.2) is 0 Å². The molecule has 2 aromatic rings. The molecule has 0 radical (unpaired) electrons. The number of likely N-dealkylation sites (tertiary alicyclic amines) is 1. The lowest BCUT2D eigenvalue weighted by atomic mass is 9.99. The maximum atomic E-state index is 12.8. The minimum atomic E-state index is 0.256. The molecule has 0 N–H and O–H groups in total. The van der Waals surface area contributed by atoms with Crippen molar-refractivity contribution >= 4 is 11.9 Å². The van der Waals surface area contributed by atoms with Crippen molar-refractivity contribution in [3.05, 3.63) is 48.3 Å². The van der Waals surface area contributed by atoms with Crippen LogP contribution in [0.5, 0.6) is 5.75 Å². The molecule has 2 fully saturated rings. The van der Waals surface area contributed by atoms with E-state index in [9.17, 15) is 4.79 Å². The smallest absolute Gasteiger partial charge is 0.236 e. The Labute approximate surface area is 172 Å². The van der Waals surface area contributed by atoms with E-state index >= 15 is 0 Å². The summed E-state index contributed by atoms with van der Waals surface area (Å²) in [7, 11) is 1.69. The van der Waals surface area contributed by atoms with Crippen LogP contribution in [0.25, 0.3) is 0 Å². The number of hydrogen-bond acceptors (Lipinski definition) is 6. The fourth-order valence-electron chi connectivity index (χ4n) is 4.17. The van der Waals surface area contributed by atoms with Crippen molar-refractivity contribution in [2.45, 2.75) is 12.8 Å². The number of rotatable bonds is 6. The van der Waals surface area contributed by atoms with Gasteiger partial charge in [-0.1, -0.05) is 12.1 Å². The first-order valence-electron chi connectivity index (χ1n) is 10.4. The molecule has 2 saturated heterocycles. The number of carbonyl (C=O) groups excluding carboxylic acids is 1. The summed E-state index contributed by atoms with van der Waals surface area (Å²) in [5.41, 5.74) is 1.31. The van der Waals surface area contributed by atoms with Crippen LogP contribution in [0.2, 0.25) is 0 Å². The Morgan fingerprint density at radius 3 is 2.48 bits per heavy atom. The lowest BCUT2D eigenvalue weighted by Crippen LogP contribution is -2.50. The summed E-state index contributed by atoms with van der Waals surface area (Å²) in [6, 6.07) is 10.1.